The van der Waals surface area contributed by atoms with Crippen LogP contribution >= 0.6 is 23.3 Å². The van der Waals surface area contributed by atoms with E-state index in [0.717, 1.165) is 34.3 Å². The van der Waals surface area contributed by atoms with Crippen molar-refractivity contribution in [1.82, 2.24) is 18.3 Å². The maximum atomic E-state index is 5.94. The molecule has 3 aromatic rings. The Kier molecular flexibility index (Phi) is 2.57. The molecule has 2 aromatic heterocycles. The van der Waals surface area contributed by atoms with Crippen molar-refractivity contribution in [1.29, 1.82) is 0 Å². The van der Waals surface area contributed by atoms with Gasteiger partial charge in [-0.3, -0.25) is 0 Å². The third-order valence-corrected chi connectivity index (χ3v) is 3.68. The molecule has 86 valence electrons. The van der Waals surface area contributed by atoms with E-state index in [0.29, 0.717) is 11.6 Å². The number of imidazole rings is 1. The van der Waals surface area contributed by atoms with E-state index in [4.69, 9.17) is 11.6 Å². The average Bonchev–Trinajstić information content (AvgIpc) is 2.87. The highest BCUT2D eigenvalue weighted by molar-refractivity contribution is 6.99. The lowest BCUT2D eigenvalue weighted by Gasteiger charge is -1.99. The molecule has 1 aromatic carbocycles. The minimum atomic E-state index is 0.474. The molecule has 2 heterocycles. The molecule has 4 nitrogen and oxygen atoms in total. The van der Waals surface area contributed by atoms with Crippen LogP contribution in [0.5, 0.6) is 0 Å². The van der Waals surface area contributed by atoms with Gasteiger partial charge in [-0.2, -0.15) is 8.75 Å². The molecule has 0 unspecified atom stereocenters. The zero-order valence-corrected chi connectivity index (χ0v) is 10.7. The van der Waals surface area contributed by atoms with E-state index in [1.165, 1.54) is 0 Å². The second kappa shape index (κ2) is 4.09. The van der Waals surface area contributed by atoms with Crippen LogP contribution in [0.4, 0.5) is 0 Å². The van der Waals surface area contributed by atoms with Gasteiger partial charge in [0.15, 0.2) is 5.15 Å². The molecule has 0 fully saturated rings. The van der Waals surface area contributed by atoms with Crippen molar-refractivity contribution >= 4 is 34.4 Å². The molecule has 0 aliphatic rings. The van der Waals surface area contributed by atoms with Crippen LogP contribution in [0, 0.1) is 0 Å². The first kappa shape index (κ1) is 10.7. The fourth-order valence-corrected chi connectivity index (χ4v) is 2.52. The molecule has 0 atom stereocenters. The number of fused-ring (bicyclic) bond motifs is 1. The van der Waals surface area contributed by atoms with Gasteiger partial charge in [0.05, 0.1) is 29.2 Å². The SMILES string of the molecule is Cn1c(Cc2nsnc2Cl)nc2ccccc21. The topological polar surface area (TPSA) is 43.6 Å². The fourth-order valence-electron chi connectivity index (χ4n) is 1.80. The number of hydrogen-bond acceptors (Lipinski definition) is 4. The van der Waals surface area contributed by atoms with Crippen LogP contribution in [0.15, 0.2) is 24.3 Å². The summed E-state index contributed by atoms with van der Waals surface area (Å²) in [5.74, 6) is 0.945. The smallest absolute Gasteiger partial charge is 0.166 e. The molecule has 0 bridgehead atoms. The Bertz CT molecular complexity index is 673. The number of aryl methyl sites for hydroxylation is 1. The van der Waals surface area contributed by atoms with Crippen molar-refractivity contribution < 1.29 is 0 Å². The van der Waals surface area contributed by atoms with Crippen molar-refractivity contribution in [2.75, 3.05) is 0 Å². The predicted molar refractivity (Wildman–Crippen MR) is 68.4 cm³/mol. The number of benzene rings is 1. The first-order valence-electron chi connectivity index (χ1n) is 5.13. The molecule has 0 spiro atoms. The second-order valence-corrected chi connectivity index (χ2v) is 4.64. The lowest BCUT2D eigenvalue weighted by molar-refractivity contribution is 0.837. The number of para-hydroxylation sites is 2. The van der Waals surface area contributed by atoms with Gasteiger partial charge in [-0.05, 0) is 12.1 Å². The predicted octanol–water partition coefficient (Wildman–Crippen LogP) is 2.67. The molecule has 3 rings (SSSR count). The van der Waals surface area contributed by atoms with Gasteiger partial charge in [0.1, 0.15) is 11.5 Å². The largest absolute Gasteiger partial charge is 0.331 e. The molecule has 17 heavy (non-hydrogen) atoms. The number of rotatable bonds is 2. The van der Waals surface area contributed by atoms with Crippen LogP contribution in [0.3, 0.4) is 0 Å². The number of halogens is 1. The molecule has 0 aliphatic heterocycles. The minimum absolute atomic E-state index is 0.474. The third-order valence-electron chi connectivity index (χ3n) is 2.72. The van der Waals surface area contributed by atoms with Crippen molar-refractivity contribution in [3.8, 4) is 0 Å². The van der Waals surface area contributed by atoms with Crippen molar-refractivity contribution in [2.45, 2.75) is 6.42 Å². The Morgan fingerprint density at radius 1 is 1.29 bits per heavy atom. The maximum Gasteiger partial charge on any atom is 0.166 e. The van der Waals surface area contributed by atoms with Crippen LogP contribution in [0.2, 0.25) is 5.15 Å². The first-order valence-corrected chi connectivity index (χ1v) is 6.24. The van der Waals surface area contributed by atoms with E-state index in [1.54, 1.807) is 0 Å². The zero-order valence-electron chi connectivity index (χ0n) is 9.09. The average molecular weight is 265 g/mol. The summed E-state index contributed by atoms with van der Waals surface area (Å²) in [6.07, 6.45) is 0.612. The van der Waals surface area contributed by atoms with Gasteiger partial charge in [0.2, 0.25) is 0 Å². The van der Waals surface area contributed by atoms with E-state index < -0.39 is 0 Å². The molecular formula is C11H9ClN4S. The van der Waals surface area contributed by atoms with E-state index in [2.05, 4.69) is 18.3 Å². The van der Waals surface area contributed by atoms with Crippen LogP contribution < -0.4 is 0 Å². The monoisotopic (exact) mass is 264 g/mol. The maximum absolute atomic E-state index is 5.94. The normalized spacial score (nSPS) is 11.2. The first-order chi connectivity index (χ1) is 8.25. The summed E-state index contributed by atoms with van der Waals surface area (Å²) in [5.41, 5.74) is 2.89. The quantitative estimate of drug-likeness (QED) is 0.715. The molecular weight excluding hydrogens is 256 g/mol. The van der Waals surface area contributed by atoms with E-state index in [1.807, 2.05) is 31.3 Å². The second-order valence-electron chi connectivity index (χ2n) is 3.75. The van der Waals surface area contributed by atoms with Crippen molar-refractivity contribution in [3.63, 3.8) is 0 Å². The Labute approximate surface area is 107 Å². The van der Waals surface area contributed by atoms with Crippen molar-refractivity contribution in [3.05, 3.63) is 40.9 Å². The van der Waals surface area contributed by atoms with E-state index in [-0.39, 0.29) is 0 Å². The highest BCUT2D eigenvalue weighted by Gasteiger charge is 2.12. The lowest BCUT2D eigenvalue weighted by atomic mass is 10.3. The van der Waals surface area contributed by atoms with Gasteiger partial charge in [-0.15, -0.1) is 0 Å². The highest BCUT2D eigenvalue weighted by atomic mass is 35.5. The highest BCUT2D eigenvalue weighted by Crippen LogP contribution is 2.19. The van der Waals surface area contributed by atoms with Crippen molar-refractivity contribution in [2.24, 2.45) is 7.05 Å². The fraction of sp³-hybridized carbons (Fsp3) is 0.182. The molecule has 0 saturated heterocycles. The van der Waals surface area contributed by atoms with Crippen LogP contribution in [-0.2, 0) is 13.5 Å². The minimum Gasteiger partial charge on any atom is -0.331 e. The molecule has 0 radical (unpaired) electrons. The molecule has 0 aliphatic carbocycles. The summed E-state index contributed by atoms with van der Waals surface area (Å²) in [6, 6.07) is 8.04. The van der Waals surface area contributed by atoms with Crippen LogP contribution in [0.25, 0.3) is 11.0 Å². The lowest BCUT2D eigenvalue weighted by Crippen LogP contribution is -1.99. The van der Waals surface area contributed by atoms with Gasteiger partial charge in [0, 0.05) is 7.05 Å². The summed E-state index contributed by atoms with van der Waals surface area (Å²) >= 11 is 7.07. The Hall–Kier alpha value is -1.46. The number of aromatic nitrogens is 4. The van der Waals surface area contributed by atoms with Gasteiger partial charge in [-0.25, -0.2) is 4.98 Å². The summed E-state index contributed by atoms with van der Waals surface area (Å²) in [7, 11) is 2.00. The van der Waals surface area contributed by atoms with Gasteiger partial charge in [-0.1, -0.05) is 23.7 Å². The third kappa shape index (κ3) is 1.81. The molecule has 6 heteroatoms. The Morgan fingerprint density at radius 3 is 2.82 bits per heavy atom. The summed E-state index contributed by atoms with van der Waals surface area (Å²) in [6.45, 7) is 0. The Balaban J connectivity index is 2.06. The van der Waals surface area contributed by atoms with Crippen LogP contribution in [-0.4, -0.2) is 18.3 Å². The van der Waals surface area contributed by atoms with E-state index >= 15 is 0 Å². The summed E-state index contributed by atoms with van der Waals surface area (Å²) in [4.78, 5) is 4.57. The summed E-state index contributed by atoms with van der Waals surface area (Å²) < 4.78 is 10.2. The van der Waals surface area contributed by atoms with Gasteiger partial charge in [0.25, 0.3) is 0 Å². The standard InChI is InChI=1S/C11H9ClN4S/c1-16-9-5-3-2-4-7(9)13-10(16)6-8-11(12)15-17-14-8/h2-5H,6H2,1H3. The molecule has 0 N–H and O–H groups in total. The summed E-state index contributed by atoms with van der Waals surface area (Å²) in [5, 5.41) is 0.474. The van der Waals surface area contributed by atoms with Crippen LogP contribution in [0.1, 0.15) is 11.5 Å². The van der Waals surface area contributed by atoms with E-state index in [9.17, 15) is 0 Å². The number of hydrogen-bond donors (Lipinski definition) is 0. The molecule has 0 saturated carbocycles. The van der Waals surface area contributed by atoms with Gasteiger partial charge < -0.3 is 4.57 Å². The zero-order chi connectivity index (χ0) is 11.8. The Morgan fingerprint density at radius 2 is 2.12 bits per heavy atom. The van der Waals surface area contributed by atoms with Gasteiger partial charge >= 0.3 is 0 Å². The number of nitrogens with zero attached hydrogens (tertiary/aromatic N) is 4. The molecule has 0 amide bonds.